The van der Waals surface area contributed by atoms with Crippen LogP contribution in [0.5, 0.6) is 0 Å². The molecule has 0 aliphatic heterocycles. The Kier molecular flexibility index (Phi) is 5.70. The Bertz CT molecular complexity index is 758. The molecule has 0 saturated heterocycles. The van der Waals surface area contributed by atoms with Crippen LogP contribution in [0.4, 0.5) is 0 Å². The maximum atomic E-state index is 12.3. The summed E-state index contributed by atoms with van der Waals surface area (Å²) in [5, 5.41) is 3.15. The number of benzene rings is 2. The van der Waals surface area contributed by atoms with Crippen molar-refractivity contribution in [3.63, 3.8) is 0 Å². The lowest BCUT2D eigenvalue weighted by Crippen LogP contribution is -2.26. The van der Waals surface area contributed by atoms with Gasteiger partial charge in [0.1, 0.15) is 0 Å². The van der Waals surface area contributed by atoms with E-state index < -0.39 is 0 Å². The third kappa shape index (κ3) is 4.60. The normalized spacial score (nSPS) is 15.0. The van der Waals surface area contributed by atoms with Crippen molar-refractivity contribution < 1.29 is 4.79 Å². The Labute approximate surface area is 151 Å². The number of aryl methyl sites for hydroxylation is 3. The number of carbonyl (C=O) groups excluding carboxylic acids is 1. The van der Waals surface area contributed by atoms with Crippen LogP contribution >= 0.6 is 0 Å². The van der Waals surface area contributed by atoms with Crippen molar-refractivity contribution in [2.45, 2.75) is 52.0 Å². The lowest BCUT2D eigenvalue weighted by molar-refractivity contribution is -0.117. The lowest BCUT2D eigenvalue weighted by atomic mass is 9.89. The highest BCUT2D eigenvalue weighted by Crippen LogP contribution is 2.26. The van der Waals surface area contributed by atoms with Crippen molar-refractivity contribution in [1.29, 1.82) is 0 Å². The van der Waals surface area contributed by atoms with Crippen molar-refractivity contribution >= 4 is 12.0 Å². The summed E-state index contributed by atoms with van der Waals surface area (Å²) in [5.41, 5.74) is 6.44. The SMILES string of the molecule is CC[C@@H](NC(=O)/C=C/c1ccc(C)cc1)c1ccc2c(c1)CCCC2. The highest BCUT2D eigenvalue weighted by molar-refractivity contribution is 5.92. The topological polar surface area (TPSA) is 29.1 Å². The van der Waals surface area contributed by atoms with E-state index >= 15 is 0 Å². The Hall–Kier alpha value is -2.35. The van der Waals surface area contributed by atoms with Gasteiger partial charge in [-0.05, 0) is 67.4 Å². The Morgan fingerprint density at radius 1 is 1.08 bits per heavy atom. The van der Waals surface area contributed by atoms with Gasteiger partial charge in [0.25, 0.3) is 0 Å². The van der Waals surface area contributed by atoms with E-state index in [1.165, 1.54) is 47.9 Å². The zero-order chi connectivity index (χ0) is 17.6. The molecular formula is C23H27NO. The van der Waals surface area contributed by atoms with Crippen LogP contribution in [0.2, 0.25) is 0 Å². The molecule has 1 aliphatic rings. The fraction of sp³-hybridized carbons (Fsp3) is 0.348. The second-order valence-corrected chi connectivity index (χ2v) is 6.95. The van der Waals surface area contributed by atoms with Gasteiger partial charge in [0, 0.05) is 6.08 Å². The molecule has 0 bridgehead atoms. The second-order valence-electron chi connectivity index (χ2n) is 6.95. The standard InChI is InChI=1S/C23H27NO/c1-3-22(21-14-13-19-6-4-5-7-20(19)16-21)24-23(25)15-12-18-10-8-17(2)9-11-18/h8-16,22H,3-7H2,1-2H3,(H,24,25)/b15-12+/t22-/m1/s1. The number of amides is 1. The molecule has 2 heteroatoms. The summed E-state index contributed by atoms with van der Waals surface area (Å²) >= 11 is 0. The number of rotatable bonds is 5. The molecular weight excluding hydrogens is 306 g/mol. The Morgan fingerprint density at radius 3 is 2.52 bits per heavy atom. The summed E-state index contributed by atoms with van der Waals surface area (Å²) in [6, 6.07) is 15.0. The van der Waals surface area contributed by atoms with Crippen molar-refractivity contribution in [2.24, 2.45) is 0 Å². The highest BCUT2D eigenvalue weighted by Gasteiger charge is 2.15. The van der Waals surface area contributed by atoms with Gasteiger partial charge in [0.2, 0.25) is 5.91 Å². The molecule has 2 nitrogen and oxygen atoms in total. The predicted molar refractivity (Wildman–Crippen MR) is 104 cm³/mol. The Morgan fingerprint density at radius 2 is 1.80 bits per heavy atom. The molecule has 0 unspecified atom stereocenters. The van der Waals surface area contributed by atoms with Crippen LogP contribution in [-0.2, 0) is 17.6 Å². The average molecular weight is 333 g/mol. The molecule has 1 N–H and O–H groups in total. The minimum Gasteiger partial charge on any atom is -0.346 e. The number of nitrogens with one attached hydrogen (secondary N) is 1. The molecule has 0 spiro atoms. The van der Waals surface area contributed by atoms with Crippen LogP contribution in [-0.4, -0.2) is 5.91 Å². The molecule has 1 atom stereocenters. The molecule has 130 valence electrons. The van der Waals surface area contributed by atoms with Crippen LogP contribution in [0.3, 0.4) is 0 Å². The molecule has 1 aliphatic carbocycles. The predicted octanol–water partition coefficient (Wildman–Crippen LogP) is 5.15. The van der Waals surface area contributed by atoms with Gasteiger partial charge in [-0.15, -0.1) is 0 Å². The molecule has 0 aromatic heterocycles. The first-order valence-corrected chi connectivity index (χ1v) is 9.32. The largest absolute Gasteiger partial charge is 0.346 e. The molecule has 0 radical (unpaired) electrons. The highest BCUT2D eigenvalue weighted by atomic mass is 16.1. The monoisotopic (exact) mass is 333 g/mol. The van der Waals surface area contributed by atoms with Crippen molar-refractivity contribution in [3.8, 4) is 0 Å². The number of fused-ring (bicyclic) bond motifs is 1. The molecule has 1 amide bonds. The van der Waals surface area contributed by atoms with Gasteiger partial charge in [-0.3, -0.25) is 4.79 Å². The zero-order valence-corrected chi connectivity index (χ0v) is 15.2. The molecule has 2 aromatic carbocycles. The number of hydrogen-bond donors (Lipinski definition) is 1. The molecule has 0 saturated carbocycles. The fourth-order valence-corrected chi connectivity index (χ4v) is 3.46. The van der Waals surface area contributed by atoms with Crippen LogP contribution in [0.1, 0.15) is 60.0 Å². The van der Waals surface area contributed by atoms with Crippen molar-refractivity contribution in [1.82, 2.24) is 5.32 Å². The molecule has 0 fully saturated rings. The lowest BCUT2D eigenvalue weighted by Gasteiger charge is -2.21. The van der Waals surface area contributed by atoms with Crippen LogP contribution in [0.15, 0.2) is 48.5 Å². The second kappa shape index (κ2) is 8.15. The minimum atomic E-state index is -0.0369. The third-order valence-electron chi connectivity index (χ3n) is 5.00. The molecule has 25 heavy (non-hydrogen) atoms. The van der Waals surface area contributed by atoms with Crippen LogP contribution in [0.25, 0.3) is 6.08 Å². The first-order valence-electron chi connectivity index (χ1n) is 9.32. The smallest absolute Gasteiger partial charge is 0.244 e. The zero-order valence-electron chi connectivity index (χ0n) is 15.2. The van der Waals surface area contributed by atoms with Crippen molar-refractivity contribution in [2.75, 3.05) is 0 Å². The fourth-order valence-electron chi connectivity index (χ4n) is 3.46. The maximum Gasteiger partial charge on any atom is 0.244 e. The van der Waals surface area contributed by atoms with Gasteiger partial charge < -0.3 is 5.32 Å². The van der Waals surface area contributed by atoms with Gasteiger partial charge in [0.15, 0.2) is 0 Å². The molecule has 2 aromatic rings. The van der Waals surface area contributed by atoms with E-state index in [9.17, 15) is 4.79 Å². The summed E-state index contributed by atoms with van der Waals surface area (Å²) in [6.45, 7) is 4.18. The molecule has 3 rings (SSSR count). The first-order chi connectivity index (χ1) is 12.2. The Balaban J connectivity index is 1.67. The number of carbonyl (C=O) groups is 1. The van der Waals surface area contributed by atoms with Crippen LogP contribution < -0.4 is 5.32 Å². The summed E-state index contributed by atoms with van der Waals surface area (Å²) in [5.74, 6) is -0.0369. The van der Waals surface area contributed by atoms with E-state index in [-0.39, 0.29) is 11.9 Å². The van der Waals surface area contributed by atoms with Gasteiger partial charge in [-0.2, -0.15) is 0 Å². The van der Waals surface area contributed by atoms with Crippen LogP contribution in [0, 0.1) is 6.92 Å². The van der Waals surface area contributed by atoms with E-state index in [4.69, 9.17) is 0 Å². The summed E-state index contributed by atoms with van der Waals surface area (Å²) in [4.78, 5) is 12.3. The average Bonchev–Trinajstić information content (AvgIpc) is 2.65. The van der Waals surface area contributed by atoms with Gasteiger partial charge in [0.05, 0.1) is 6.04 Å². The summed E-state index contributed by atoms with van der Waals surface area (Å²) in [6.07, 6.45) is 9.32. The van der Waals surface area contributed by atoms with E-state index in [0.717, 1.165) is 12.0 Å². The van der Waals surface area contributed by atoms with Crippen molar-refractivity contribution in [3.05, 3.63) is 76.4 Å². The van der Waals surface area contributed by atoms with E-state index in [1.54, 1.807) is 6.08 Å². The summed E-state index contributed by atoms with van der Waals surface area (Å²) in [7, 11) is 0. The van der Waals surface area contributed by atoms with E-state index in [2.05, 4.69) is 49.5 Å². The van der Waals surface area contributed by atoms with E-state index in [1.807, 2.05) is 18.2 Å². The quantitative estimate of drug-likeness (QED) is 0.753. The maximum absolute atomic E-state index is 12.3. The van der Waals surface area contributed by atoms with Gasteiger partial charge in [-0.25, -0.2) is 0 Å². The van der Waals surface area contributed by atoms with E-state index in [0.29, 0.717) is 0 Å². The third-order valence-corrected chi connectivity index (χ3v) is 5.00. The minimum absolute atomic E-state index is 0.0369. The van der Waals surface area contributed by atoms with Gasteiger partial charge >= 0.3 is 0 Å². The number of hydrogen-bond acceptors (Lipinski definition) is 1. The first kappa shape index (κ1) is 17.5. The summed E-state index contributed by atoms with van der Waals surface area (Å²) < 4.78 is 0. The molecule has 0 heterocycles. The van der Waals surface area contributed by atoms with Gasteiger partial charge in [-0.1, -0.05) is 55.0 Å².